The van der Waals surface area contributed by atoms with Crippen molar-refractivity contribution in [3.8, 4) is 0 Å². The number of amides is 2. The highest BCUT2D eigenvalue weighted by Gasteiger charge is 2.34. The number of aromatic nitrogens is 1. The molecule has 1 saturated heterocycles. The summed E-state index contributed by atoms with van der Waals surface area (Å²) in [5.74, 6) is 0.282. The molecule has 6 heteroatoms. The average Bonchev–Trinajstić information content (AvgIpc) is 3.17. The first-order chi connectivity index (χ1) is 10.7. The minimum absolute atomic E-state index is 0.0191. The Morgan fingerprint density at radius 1 is 1.36 bits per heavy atom. The number of furan rings is 1. The maximum Gasteiger partial charge on any atom is 0.225 e. The van der Waals surface area contributed by atoms with Crippen molar-refractivity contribution in [2.75, 3.05) is 6.54 Å². The van der Waals surface area contributed by atoms with E-state index in [0.717, 1.165) is 11.5 Å². The van der Waals surface area contributed by atoms with Gasteiger partial charge in [-0.25, -0.2) is 0 Å². The number of rotatable bonds is 5. The molecule has 2 aromatic heterocycles. The third-order valence-corrected chi connectivity index (χ3v) is 3.68. The van der Waals surface area contributed by atoms with E-state index >= 15 is 0 Å². The molecule has 0 radical (unpaired) electrons. The zero-order chi connectivity index (χ0) is 15.4. The summed E-state index contributed by atoms with van der Waals surface area (Å²) in [6.45, 7) is 1.21. The van der Waals surface area contributed by atoms with Crippen LogP contribution in [-0.4, -0.2) is 28.2 Å². The summed E-state index contributed by atoms with van der Waals surface area (Å²) in [6, 6.07) is 9.16. The third kappa shape index (κ3) is 3.33. The third-order valence-electron chi connectivity index (χ3n) is 3.68. The Morgan fingerprint density at radius 2 is 2.27 bits per heavy atom. The van der Waals surface area contributed by atoms with Crippen molar-refractivity contribution in [1.82, 2.24) is 15.2 Å². The summed E-state index contributed by atoms with van der Waals surface area (Å²) in [6.07, 6.45) is 3.51. The van der Waals surface area contributed by atoms with Gasteiger partial charge in [0, 0.05) is 19.2 Å². The van der Waals surface area contributed by atoms with E-state index < -0.39 is 0 Å². The van der Waals surface area contributed by atoms with Gasteiger partial charge in [-0.3, -0.25) is 14.6 Å². The van der Waals surface area contributed by atoms with Crippen molar-refractivity contribution in [3.05, 3.63) is 54.2 Å². The predicted octanol–water partition coefficient (Wildman–Crippen LogP) is 1.34. The van der Waals surface area contributed by atoms with E-state index in [0.29, 0.717) is 19.6 Å². The number of nitrogens with one attached hydrogen (secondary N) is 1. The van der Waals surface area contributed by atoms with Crippen molar-refractivity contribution in [2.45, 2.75) is 19.5 Å². The maximum atomic E-state index is 12.2. The van der Waals surface area contributed by atoms with Gasteiger partial charge in [-0.1, -0.05) is 6.07 Å². The Hall–Kier alpha value is -2.63. The SMILES string of the molecule is O=C(NCc1ccccn1)[C@@H]1CC(=O)N(Cc2ccco2)C1. The highest BCUT2D eigenvalue weighted by Crippen LogP contribution is 2.20. The van der Waals surface area contributed by atoms with Gasteiger partial charge in [0.05, 0.1) is 31.0 Å². The second-order valence-electron chi connectivity index (χ2n) is 5.29. The fourth-order valence-corrected chi connectivity index (χ4v) is 2.52. The van der Waals surface area contributed by atoms with E-state index in [1.165, 1.54) is 0 Å². The summed E-state index contributed by atoms with van der Waals surface area (Å²) >= 11 is 0. The molecule has 3 heterocycles. The van der Waals surface area contributed by atoms with Crippen LogP contribution in [-0.2, 0) is 22.7 Å². The van der Waals surface area contributed by atoms with Gasteiger partial charge in [-0.15, -0.1) is 0 Å². The second-order valence-corrected chi connectivity index (χ2v) is 5.29. The molecule has 1 N–H and O–H groups in total. The normalized spacial score (nSPS) is 17.7. The fraction of sp³-hybridized carbons (Fsp3) is 0.312. The van der Waals surface area contributed by atoms with E-state index in [1.54, 1.807) is 23.4 Å². The fourth-order valence-electron chi connectivity index (χ4n) is 2.52. The standard InChI is InChI=1S/C16H17N3O3/c20-15-8-12(10-19(15)11-14-5-3-7-22-14)16(21)18-9-13-4-1-2-6-17-13/h1-7,12H,8-11H2,(H,18,21)/t12-/m1/s1. The predicted molar refractivity (Wildman–Crippen MR) is 78.3 cm³/mol. The van der Waals surface area contributed by atoms with Crippen LogP contribution in [0, 0.1) is 5.92 Å². The number of likely N-dealkylation sites (tertiary alicyclic amines) is 1. The molecule has 0 saturated carbocycles. The Bertz CT molecular complexity index is 640. The lowest BCUT2D eigenvalue weighted by Crippen LogP contribution is -2.32. The van der Waals surface area contributed by atoms with Crippen molar-refractivity contribution in [3.63, 3.8) is 0 Å². The Labute approximate surface area is 128 Å². The molecule has 6 nitrogen and oxygen atoms in total. The quantitative estimate of drug-likeness (QED) is 0.904. The van der Waals surface area contributed by atoms with Crippen LogP contribution in [0.4, 0.5) is 0 Å². The molecular weight excluding hydrogens is 282 g/mol. The summed E-state index contributed by atoms with van der Waals surface area (Å²) < 4.78 is 5.24. The van der Waals surface area contributed by atoms with E-state index in [-0.39, 0.29) is 24.2 Å². The largest absolute Gasteiger partial charge is 0.467 e. The highest BCUT2D eigenvalue weighted by molar-refractivity contribution is 5.89. The van der Waals surface area contributed by atoms with Crippen LogP contribution < -0.4 is 5.32 Å². The van der Waals surface area contributed by atoms with Crippen molar-refractivity contribution in [2.24, 2.45) is 5.92 Å². The van der Waals surface area contributed by atoms with Gasteiger partial charge in [-0.2, -0.15) is 0 Å². The number of hydrogen-bond acceptors (Lipinski definition) is 4. The van der Waals surface area contributed by atoms with Crippen LogP contribution in [0.1, 0.15) is 17.9 Å². The second kappa shape index (κ2) is 6.43. The number of hydrogen-bond donors (Lipinski definition) is 1. The van der Waals surface area contributed by atoms with E-state index in [4.69, 9.17) is 4.42 Å². The van der Waals surface area contributed by atoms with Crippen LogP contribution >= 0.6 is 0 Å². The first-order valence-electron chi connectivity index (χ1n) is 7.20. The molecule has 0 unspecified atom stereocenters. The number of carbonyl (C=O) groups is 2. The zero-order valence-electron chi connectivity index (χ0n) is 12.1. The van der Waals surface area contributed by atoms with Crippen molar-refractivity contribution in [1.29, 1.82) is 0 Å². The first kappa shape index (κ1) is 14.3. The van der Waals surface area contributed by atoms with Gasteiger partial charge in [-0.05, 0) is 24.3 Å². The lowest BCUT2D eigenvalue weighted by atomic mass is 10.1. The highest BCUT2D eigenvalue weighted by atomic mass is 16.3. The zero-order valence-corrected chi connectivity index (χ0v) is 12.1. The summed E-state index contributed by atoms with van der Waals surface area (Å²) in [7, 11) is 0. The molecule has 2 aromatic rings. The molecule has 0 spiro atoms. The number of nitrogens with zero attached hydrogens (tertiary/aromatic N) is 2. The minimum Gasteiger partial charge on any atom is -0.467 e. The Morgan fingerprint density at radius 3 is 3.00 bits per heavy atom. The molecule has 2 amide bonds. The van der Waals surface area contributed by atoms with Crippen LogP contribution in [0.2, 0.25) is 0 Å². The monoisotopic (exact) mass is 299 g/mol. The molecular formula is C16H17N3O3. The molecule has 1 fully saturated rings. The lowest BCUT2D eigenvalue weighted by Gasteiger charge is -2.15. The van der Waals surface area contributed by atoms with Crippen LogP contribution in [0.15, 0.2) is 47.2 Å². The van der Waals surface area contributed by atoms with E-state index in [9.17, 15) is 9.59 Å². The summed E-state index contributed by atoms with van der Waals surface area (Å²) in [5, 5.41) is 2.84. The number of carbonyl (C=O) groups excluding carboxylic acids is 2. The molecule has 0 bridgehead atoms. The van der Waals surface area contributed by atoms with Gasteiger partial charge in [0.15, 0.2) is 0 Å². The van der Waals surface area contributed by atoms with Gasteiger partial charge >= 0.3 is 0 Å². The van der Waals surface area contributed by atoms with Crippen molar-refractivity contribution >= 4 is 11.8 Å². The smallest absolute Gasteiger partial charge is 0.225 e. The topological polar surface area (TPSA) is 75.4 Å². The van der Waals surface area contributed by atoms with E-state index in [1.807, 2.05) is 24.3 Å². The molecule has 3 rings (SSSR count). The summed E-state index contributed by atoms with van der Waals surface area (Å²) in [4.78, 5) is 30.0. The average molecular weight is 299 g/mol. The van der Waals surface area contributed by atoms with Gasteiger partial charge < -0.3 is 14.6 Å². The number of pyridine rings is 1. The first-order valence-corrected chi connectivity index (χ1v) is 7.20. The van der Waals surface area contributed by atoms with Gasteiger partial charge in [0.1, 0.15) is 5.76 Å². The van der Waals surface area contributed by atoms with Crippen LogP contribution in [0.5, 0.6) is 0 Å². The minimum atomic E-state index is -0.314. The summed E-state index contributed by atoms with van der Waals surface area (Å²) in [5.41, 5.74) is 0.799. The molecule has 1 aliphatic heterocycles. The molecule has 0 aromatic carbocycles. The molecule has 114 valence electrons. The van der Waals surface area contributed by atoms with Gasteiger partial charge in [0.25, 0.3) is 0 Å². The van der Waals surface area contributed by atoms with E-state index in [2.05, 4.69) is 10.3 Å². The lowest BCUT2D eigenvalue weighted by molar-refractivity contribution is -0.129. The molecule has 1 atom stereocenters. The van der Waals surface area contributed by atoms with Gasteiger partial charge in [0.2, 0.25) is 11.8 Å². The molecule has 22 heavy (non-hydrogen) atoms. The van der Waals surface area contributed by atoms with Crippen LogP contribution in [0.25, 0.3) is 0 Å². The Kier molecular flexibility index (Phi) is 4.18. The molecule has 1 aliphatic rings. The Balaban J connectivity index is 1.52. The van der Waals surface area contributed by atoms with Crippen LogP contribution in [0.3, 0.4) is 0 Å². The molecule has 0 aliphatic carbocycles. The maximum absolute atomic E-state index is 12.2. The van der Waals surface area contributed by atoms with Crippen molar-refractivity contribution < 1.29 is 14.0 Å².